The van der Waals surface area contributed by atoms with Crippen molar-refractivity contribution in [2.24, 2.45) is 5.92 Å². The predicted octanol–water partition coefficient (Wildman–Crippen LogP) is 0.448. The first-order chi connectivity index (χ1) is 9.64. The van der Waals surface area contributed by atoms with E-state index in [-0.39, 0.29) is 11.4 Å². The molecule has 1 saturated heterocycles. The van der Waals surface area contributed by atoms with E-state index in [1.165, 1.54) is 7.11 Å². The lowest BCUT2D eigenvalue weighted by atomic mass is 10.0. The van der Waals surface area contributed by atoms with Gasteiger partial charge in [-0.25, -0.2) is 19.9 Å². The summed E-state index contributed by atoms with van der Waals surface area (Å²) in [5, 5.41) is 2.36. The van der Waals surface area contributed by atoms with E-state index in [1.807, 2.05) is 0 Å². The van der Waals surface area contributed by atoms with Crippen molar-refractivity contribution < 1.29 is 28.7 Å². The molecule has 21 heavy (non-hydrogen) atoms. The van der Waals surface area contributed by atoms with Crippen molar-refractivity contribution >= 4 is 35.2 Å². The number of methoxy groups -OCH3 is 1. The lowest BCUT2D eigenvalue weighted by Crippen LogP contribution is -2.46. The molecule has 0 aromatic rings. The molecule has 0 aromatic heterocycles. The van der Waals surface area contributed by atoms with E-state index in [4.69, 9.17) is 17.0 Å². The van der Waals surface area contributed by atoms with Crippen LogP contribution in [0.1, 0.15) is 27.2 Å². The van der Waals surface area contributed by atoms with Crippen LogP contribution in [0.2, 0.25) is 0 Å². The van der Waals surface area contributed by atoms with Crippen LogP contribution in [0.3, 0.4) is 0 Å². The number of ether oxygens (including phenoxy) is 2. The average molecular weight is 318 g/mol. The molecule has 2 atom stereocenters. The summed E-state index contributed by atoms with van der Waals surface area (Å²) in [6.45, 7) is 5.06. The van der Waals surface area contributed by atoms with Crippen molar-refractivity contribution in [3.63, 3.8) is 0 Å². The van der Waals surface area contributed by atoms with Gasteiger partial charge in [-0.3, -0.25) is 0 Å². The second-order valence-electron chi connectivity index (χ2n) is 5.40. The molecule has 0 aliphatic carbocycles. The smallest absolute Gasteiger partial charge is 0.408 e. The standard InChI is InChI=1S/C12H18N2O6S/c1-12(2,3)19-11(17)13-7(10(16)18-4)5-6-8(21)14-20-9(6)15/h6-7H,5H2,1-4H3,(H,13,17)(H,14,21)/t6?,7-/m0/s1. The molecule has 1 fully saturated rings. The SMILES string of the molecule is COC(=O)[C@H](CC1C(=O)ONC1=S)NC(=O)OC(C)(C)C. The van der Waals surface area contributed by atoms with Crippen molar-refractivity contribution in [3.05, 3.63) is 0 Å². The van der Waals surface area contributed by atoms with Crippen LogP contribution in [0, 0.1) is 5.92 Å². The maximum absolute atomic E-state index is 11.7. The number of nitrogens with one attached hydrogen (secondary N) is 2. The Bertz CT molecular complexity index is 443. The Morgan fingerprint density at radius 1 is 1.48 bits per heavy atom. The minimum atomic E-state index is -1.07. The molecule has 0 bridgehead atoms. The van der Waals surface area contributed by atoms with Gasteiger partial charge in [0.05, 0.1) is 7.11 Å². The highest BCUT2D eigenvalue weighted by Crippen LogP contribution is 2.17. The summed E-state index contributed by atoms with van der Waals surface area (Å²) >= 11 is 4.91. The van der Waals surface area contributed by atoms with Crippen molar-refractivity contribution in [1.82, 2.24) is 10.8 Å². The summed E-state index contributed by atoms with van der Waals surface area (Å²) in [5.41, 5.74) is 1.54. The van der Waals surface area contributed by atoms with Crippen LogP contribution in [0.5, 0.6) is 0 Å². The molecule has 8 nitrogen and oxygen atoms in total. The number of esters is 1. The molecule has 9 heteroatoms. The molecule has 118 valence electrons. The van der Waals surface area contributed by atoms with Crippen LogP contribution < -0.4 is 10.8 Å². The number of carbonyl (C=O) groups excluding carboxylic acids is 3. The summed E-state index contributed by atoms with van der Waals surface area (Å²) in [5.74, 6) is -2.14. The van der Waals surface area contributed by atoms with Crippen molar-refractivity contribution in [2.45, 2.75) is 38.8 Å². The fourth-order valence-electron chi connectivity index (χ4n) is 1.60. The third-order valence-corrected chi connectivity index (χ3v) is 2.87. The van der Waals surface area contributed by atoms with Gasteiger partial charge in [-0.1, -0.05) is 12.2 Å². The Labute approximate surface area is 127 Å². The van der Waals surface area contributed by atoms with Crippen LogP contribution >= 0.6 is 12.2 Å². The van der Waals surface area contributed by atoms with E-state index in [1.54, 1.807) is 20.8 Å². The molecule has 1 amide bonds. The highest BCUT2D eigenvalue weighted by molar-refractivity contribution is 7.80. The maximum Gasteiger partial charge on any atom is 0.408 e. The lowest BCUT2D eigenvalue weighted by Gasteiger charge is -2.23. The Hall–Kier alpha value is -1.90. The molecule has 0 radical (unpaired) electrons. The van der Waals surface area contributed by atoms with Gasteiger partial charge in [-0.2, -0.15) is 0 Å². The second-order valence-corrected chi connectivity index (χ2v) is 5.84. The zero-order valence-corrected chi connectivity index (χ0v) is 13.0. The Kier molecular flexibility index (Phi) is 5.47. The van der Waals surface area contributed by atoms with Gasteiger partial charge >= 0.3 is 18.0 Å². The monoisotopic (exact) mass is 318 g/mol. The minimum absolute atomic E-state index is 0.0728. The van der Waals surface area contributed by atoms with Crippen LogP contribution in [-0.2, 0) is 23.9 Å². The van der Waals surface area contributed by atoms with Gasteiger partial charge in [-0.15, -0.1) is 0 Å². The maximum atomic E-state index is 11.7. The summed E-state index contributed by atoms with van der Waals surface area (Å²) in [7, 11) is 1.18. The topological polar surface area (TPSA) is 103 Å². The third kappa shape index (κ3) is 5.18. The first-order valence-electron chi connectivity index (χ1n) is 6.22. The Morgan fingerprint density at radius 3 is 2.52 bits per heavy atom. The molecular weight excluding hydrogens is 300 g/mol. The van der Waals surface area contributed by atoms with Crippen LogP contribution in [-0.4, -0.2) is 41.8 Å². The minimum Gasteiger partial charge on any atom is -0.467 e. The van der Waals surface area contributed by atoms with Crippen LogP contribution in [0.25, 0.3) is 0 Å². The van der Waals surface area contributed by atoms with Gasteiger partial charge < -0.3 is 19.6 Å². The van der Waals surface area contributed by atoms with Gasteiger partial charge in [0, 0.05) is 0 Å². The van der Waals surface area contributed by atoms with Crippen LogP contribution in [0.4, 0.5) is 4.79 Å². The molecule has 2 N–H and O–H groups in total. The summed E-state index contributed by atoms with van der Waals surface area (Å²) in [4.78, 5) is 39.6. The highest BCUT2D eigenvalue weighted by Gasteiger charge is 2.38. The highest BCUT2D eigenvalue weighted by atomic mass is 32.1. The van der Waals surface area contributed by atoms with E-state index in [9.17, 15) is 14.4 Å². The van der Waals surface area contributed by atoms with E-state index in [0.717, 1.165) is 0 Å². The van der Waals surface area contributed by atoms with E-state index in [0.29, 0.717) is 0 Å². The van der Waals surface area contributed by atoms with Gasteiger partial charge in [0.25, 0.3) is 0 Å². The van der Waals surface area contributed by atoms with Crippen molar-refractivity contribution in [3.8, 4) is 0 Å². The van der Waals surface area contributed by atoms with E-state index < -0.39 is 35.6 Å². The van der Waals surface area contributed by atoms with Crippen molar-refractivity contribution in [2.75, 3.05) is 7.11 Å². The molecule has 1 aliphatic heterocycles. The molecular formula is C12H18N2O6S. The number of thiocarbonyl (C=S) groups is 1. The number of amides is 1. The molecule has 1 unspecified atom stereocenters. The number of carbonyl (C=O) groups is 3. The molecule has 1 aliphatic rings. The number of hydroxylamine groups is 1. The molecule has 1 heterocycles. The Morgan fingerprint density at radius 2 is 2.10 bits per heavy atom. The number of hydrogen-bond acceptors (Lipinski definition) is 7. The molecule has 1 rings (SSSR count). The fraction of sp³-hybridized carbons (Fsp3) is 0.667. The zero-order chi connectivity index (χ0) is 16.2. The number of rotatable bonds is 4. The fourth-order valence-corrected chi connectivity index (χ4v) is 1.83. The first kappa shape index (κ1) is 17.2. The molecule has 0 saturated carbocycles. The molecule has 0 aromatic carbocycles. The first-order valence-corrected chi connectivity index (χ1v) is 6.62. The lowest BCUT2D eigenvalue weighted by molar-refractivity contribution is -0.147. The third-order valence-electron chi connectivity index (χ3n) is 2.50. The van der Waals surface area contributed by atoms with Gasteiger partial charge in [0.1, 0.15) is 22.5 Å². The summed E-state index contributed by atoms with van der Waals surface area (Å²) < 4.78 is 9.66. The van der Waals surface area contributed by atoms with E-state index >= 15 is 0 Å². The van der Waals surface area contributed by atoms with Gasteiger partial charge in [0.2, 0.25) is 0 Å². The normalized spacial score (nSPS) is 19.3. The molecule has 0 spiro atoms. The number of alkyl carbamates (subject to hydrolysis) is 1. The largest absolute Gasteiger partial charge is 0.467 e. The van der Waals surface area contributed by atoms with Gasteiger partial charge in [0.15, 0.2) is 0 Å². The van der Waals surface area contributed by atoms with E-state index in [2.05, 4.69) is 20.4 Å². The van der Waals surface area contributed by atoms with Gasteiger partial charge in [-0.05, 0) is 27.2 Å². The summed E-state index contributed by atoms with van der Waals surface area (Å²) in [6.07, 6.45) is -0.862. The average Bonchev–Trinajstić information content (AvgIpc) is 2.66. The number of hydrogen-bond donors (Lipinski definition) is 2. The Balaban J connectivity index is 2.73. The van der Waals surface area contributed by atoms with Crippen LogP contribution in [0.15, 0.2) is 0 Å². The second kappa shape index (κ2) is 6.70. The summed E-state index contributed by atoms with van der Waals surface area (Å²) in [6, 6.07) is -1.07. The van der Waals surface area contributed by atoms with Crippen molar-refractivity contribution in [1.29, 1.82) is 0 Å². The predicted molar refractivity (Wildman–Crippen MR) is 75.1 cm³/mol. The zero-order valence-electron chi connectivity index (χ0n) is 12.2. The quantitative estimate of drug-likeness (QED) is 0.437.